The summed E-state index contributed by atoms with van der Waals surface area (Å²) in [5.74, 6) is -0.123. The molecule has 2 aromatic rings. The molecule has 0 saturated carbocycles. The predicted molar refractivity (Wildman–Crippen MR) is 76.4 cm³/mol. The van der Waals surface area contributed by atoms with E-state index >= 15 is 0 Å². The lowest BCUT2D eigenvalue weighted by Crippen LogP contribution is -2.23. The zero-order valence-corrected chi connectivity index (χ0v) is 11.3. The SMILES string of the molecule is CC(C#N)CN(C)c1ccc([N+](=O)[O-])c2ccncc12. The summed E-state index contributed by atoms with van der Waals surface area (Å²) in [6.45, 7) is 2.39. The fourth-order valence-corrected chi connectivity index (χ4v) is 2.20. The molecule has 1 heterocycles. The number of nitro benzene ring substituents is 1. The van der Waals surface area contributed by atoms with Crippen LogP contribution in [0.5, 0.6) is 0 Å². The molecule has 102 valence electrons. The standard InChI is InChI=1S/C14H14N4O2/c1-10(7-15)9-17(2)13-3-4-14(18(19)20)11-5-6-16-8-12(11)13/h3-6,8,10H,9H2,1-2H3. The van der Waals surface area contributed by atoms with Crippen molar-refractivity contribution in [3.05, 3.63) is 40.7 Å². The van der Waals surface area contributed by atoms with E-state index in [-0.39, 0.29) is 11.6 Å². The Balaban J connectivity index is 2.54. The highest BCUT2D eigenvalue weighted by Crippen LogP contribution is 2.32. The summed E-state index contributed by atoms with van der Waals surface area (Å²) in [5, 5.41) is 21.2. The molecule has 1 aromatic heterocycles. The maximum Gasteiger partial charge on any atom is 0.277 e. The van der Waals surface area contributed by atoms with Gasteiger partial charge in [-0.2, -0.15) is 5.26 Å². The number of hydrogen-bond acceptors (Lipinski definition) is 5. The normalized spacial score (nSPS) is 11.8. The summed E-state index contributed by atoms with van der Waals surface area (Å²) >= 11 is 0. The average Bonchev–Trinajstić information content (AvgIpc) is 2.45. The number of nitriles is 1. The van der Waals surface area contributed by atoms with Crippen molar-refractivity contribution in [2.45, 2.75) is 6.92 Å². The van der Waals surface area contributed by atoms with E-state index in [9.17, 15) is 10.1 Å². The van der Waals surface area contributed by atoms with Crippen molar-refractivity contribution >= 4 is 22.1 Å². The molecule has 0 fully saturated rings. The number of anilines is 1. The summed E-state index contributed by atoms with van der Waals surface area (Å²) < 4.78 is 0. The second kappa shape index (κ2) is 5.53. The van der Waals surface area contributed by atoms with Crippen LogP contribution in [-0.2, 0) is 0 Å². The number of hydrogen-bond donors (Lipinski definition) is 0. The van der Waals surface area contributed by atoms with Crippen molar-refractivity contribution in [3.63, 3.8) is 0 Å². The highest BCUT2D eigenvalue weighted by atomic mass is 16.6. The van der Waals surface area contributed by atoms with Crippen LogP contribution in [0.4, 0.5) is 11.4 Å². The van der Waals surface area contributed by atoms with Crippen molar-refractivity contribution in [1.29, 1.82) is 5.26 Å². The molecular formula is C14H14N4O2. The van der Waals surface area contributed by atoms with Crippen LogP contribution in [0.25, 0.3) is 10.8 Å². The van der Waals surface area contributed by atoms with Gasteiger partial charge in [0.05, 0.1) is 22.3 Å². The van der Waals surface area contributed by atoms with Gasteiger partial charge in [-0.15, -0.1) is 0 Å². The zero-order chi connectivity index (χ0) is 14.7. The number of benzene rings is 1. The minimum absolute atomic E-state index is 0.0629. The first-order valence-corrected chi connectivity index (χ1v) is 6.16. The number of nitro groups is 1. The number of rotatable bonds is 4. The van der Waals surface area contributed by atoms with E-state index in [1.54, 1.807) is 18.3 Å². The van der Waals surface area contributed by atoms with Gasteiger partial charge < -0.3 is 4.90 Å². The third-order valence-corrected chi connectivity index (χ3v) is 3.15. The minimum atomic E-state index is -0.399. The fraction of sp³-hybridized carbons (Fsp3) is 0.286. The first kappa shape index (κ1) is 13.7. The first-order chi connectivity index (χ1) is 9.54. The highest BCUT2D eigenvalue weighted by Gasteiger charge is 2.16. The van der Waals surface area contributed by atoms with Crippen LogP contribution in [0.15, 0.2) is 30.6 Å². The number of pyridine rings is 1. The Morgan fingerprint density at radius 3 is 2.85 bits per heavy atom. The van der Waals surface area contributed by atoms with Crippen molar-refractivity contribution in [2.75, 3.05) is 18.5 Å². The molecule has 0 N–H and O–H groups in total. The van der Waals surface area contributed by atoms with Gasteiger partial charge in [-0.25, -0.2) is 0 Å². The van der Waals surface area contributed by atoms with Crippen molar-refractivity contribution < 1.29 is 4.92 Å². The van der Waals surface area contributed by atoms with Gasteiger partial charge in [-0.3, -0.25) is 15.1 Å². The summed E-state index contributed by atoms with van der Waals surface area (Å²) in [6.07, 6.45) is 3.15. The lowest BCUT2D eigenvalue weighted by Gasteiger charge is -2.22. The van der Waals surface area contributed by atoms with Crippen LogP contribution in [0, 0.1) is 27.4 Å². The van der Waals surface area contributed by atoms with Crippen LogP contribution < -0.4 is 4.90 Å². The predicted octanol–water partition coefficient (Wildman–Crippen LogP) is 2.74. The summed E-state index contributed by atoms with van der Waals surface area (Å²) in [4.78, 5) is 16.6. The summed E-state index contributed by atoms with van der Waals surface area (Å²) in [5.41, 5.74) is 0.897. The number of aromatic nitrogens is 1. The zero-order valence-electron chi connectivity index (χ0n) is 11.3. The van der Waals surface area contributed by atoms with Gasteiger partial charge in [-0.05, 0) is 19.1 Å². The fourth-order valence-electron chi connectivity index (χ4n) is 2.20. The Bertz CT molecular complexity index is 693. The number of nitrogens with zero attached hydrogens (tertiary/aromatic N) is 4. The topological polar surface area (TPSA) is 83.1 Å². The van der Waals surface area contributed by atoms with E-state index in [2.05, 4.69) is 11.1 Å². The number of non-ortho nitro benzene ring substituents is 1. The molecule has 0 aliphatic heterocycles. The monoisotopic (exact) mass is 270 g/mol. The molecule has 0 spiro atoms. The Kier molecular flexibility index (Phi) is 3.80. The molecule has 20 heavy (non-hydrogen) atoms. The molecule has 0 aliphatic rings. The van der Waals surface area contributed by atoms with E-state index in [0.717, 1.165) is 5.69 Å². The van der Waals surface area contributed by atoms with Crippen LogP contribution in [0.3, 0.4) is 0 Å². The lowest BCUT2D eigenvalue weighted by atomic mass is 10.1. The molecule has 0 bridgehead atoms. The molecule has 6 nitrogen and oxygen atoms in total. The second-order valence-corrected chi connectivity index (χ2v) is 4.69. The van der Waals surface area contributed by atoms with Gasteiger partial charge in [0.2, 0.25) is 0 Å². The lowest BCUT2D eigenvalue weighted by molar-refractivity contribution is -0.383. The molecular weight excluding hydrogens is 256 g/mol. The smallest absolute Gasteiger partial charge is 0.277 e. The van der Waals surface area contributed by atoms with Gasteiger partial charge in [0.25, 0.3) is 5.69 Å². The van der Waals surface area contributed by atoms with Crippen molar-refractivity contribution in [3.8, 4) is 6.07 Å². The average molecular weight is 270 g/mol. The molecule has 0 amide bonds. The molecule has 2 rings (SSSR count). The molecule has 1 unspecified atom stereocenters. The quantitative estimate of drug-likeness (QED) is 0.630. The van der Waals surface area contributed by atoms with E-state index in [1.165, 1.54) is 12.3 Å². The molecule has 1 atom stereocenters. The summed E-state index contributed by atoms with van der Waals surface area (Å²) in [7, 11) is 1.86. The van der Waals surface area contributed by atoms with Gasteiger partial charge in [0.15, 0.2) is 0 Å². The largest absolute Gasteiger partial charge is 0.373 e. The van der Waals surface area contributed by atoms with Crippen LogP contribution in [0.2, 0.25) is 0 Å². The van der Waals surface area contributed by atoms with Crippen LogP contribution >= 0.6 is 0 Å². The molecule has 0 saturated heterocycles. The summed E-state index contributed by atoms with van der Waals surface area (Å²) in [6, 6.07) is 7.01. The Hall–Kier alpha value is -2.68. The number of fused-ring (bicyclic) bond motifs is 1. The second-order valence-electron chi connectivity index (χ2n) is 4.69. The Morgan fingerprint density at radius 2 is 2.20 bits per heavy atom. The van der Waals surface area contributed by atoms with Gasteiger partial charge in [-0.1, -0.05) is 0 Å². The van der Waals surface area contributed by atoms with Gasteiger partial charge in [0, 0.05) is 43.1 Å². The van der Waals surface area contributed by atoms with Crippen molar-refractivity contribution in [2.24, 2.45) is 5.92 Å². The third kappa shape index (κ3) is 2.52. The molecule has 0 radical (unpaired) electrons. The maximum atomic E-state index is 11.0. The van der Waals surface area contributed by atoms with E-state index in [4.69, 9.17) is 5.26 Å². The van der Waals surface area contributed by atoms with Gasteiger partial charge in [0.1, 0.15) is 0 Å². The van der Waals surface area contributed by atoms with Crippen molar-refractivity contribution in [1.82, 2.24) is 4.98 Å². The third-order valence-electron chi connectivity index (χ3n) is 3.15. The first-order valence-electron chi connectivity index (χ1n) is 6.16. The molecule has 1 aromatic carbocycles. The Morgan fingerprint density at radius 1 is 1.45 bits per heavy atom. The van der Waals surface area contributed by atoms with E-state index < -0.39 is 4.92 Å². The minimum Gasteiger partial charge on any atom is -0.373 e. The molecule has 6 heteroatoms. The van der Waals surface area contributed by atoms with Crippen LogP contribution in [0.1, 0.15) is 6.92 Å². The Labute approximate surface area is 116 Å². The maximum absolute atomic E-state index is 11.0. The van der Waals surface area contributed by atoms with E-state index in [1.807, 2.05) is 18.9 Å². The molecule has 0 aliphatic carbocycles. The van der Waals surface area contributed by atoms with Crippen LogP contribution in [-0.4, -0.2) is 23.5 Å². The van der Waals surface area contributed by atoms with Gasteiger partial charge >= 0.3 is 0 Å². The highest BCUT2D eigenvalue weighted by molar-refractivity contribution is 5.99. The van der Waals surface area contributed by atoms with E-state index in [0.29, 0.717) is 17.3 Å².